The number of carbonyl (C=O) groups excluding carboxylic acids is 1. The van der Waals surface area contributed by atoms with Crippen LogP contribution in [0.15, 0.2) is 12.1 Å². The number of hydrogen-bond acceptors (Lipinski definition) is 3. The van der Waals surface area contributed by atoms with E-state index < -0.39 is 42.6 Å². The van der Waals surface area contributed by atoms with Crippen molar-refractivity contribution >= 4 is 11.9 Å². The van der Waals surface area contributed by atoms with Gasteiger partial charge in [0.2, 0.25) is 0 Å². The first-order chi connectivity index (χ1) is 15.6. The van der Waals surface area contributed by atoms with Crippen LogP contribution in [0.5, 0.6) is 5.75 Å². The summed E-state index contributed by atoms with van der Waals surface area (Å²) in [7, 11) is 0. The van der Waals surface area contributed by atoms with E-state index in [1.807, 2.05) is 0 Å². The number of carbonyl (C=O) groups is 2. The summed E-state index contributed by atoms with van der Waals surface area (Å²) < 4.78 is 49.1. The smallest absolute Gasteiger partial charge is 0.326 e. The summed E-state index contributed by atoms with van der Waals surface area (Å²) in [5.41, 5.74) is 0.550. The zero-order valence-corrected chi connectivity index (χ0v) is 18.4. The number of nitrogens with zero attached hydrogens (tertiary/aromatic N) is 1. The van der Waals surface area contributed by atoms with Gasteiger partial charge in [-0.2, -0.15) is 0 Å². The van der Waals surface area contributed by atoms with Crippen LogP contribution >= 0.6 is 0 Å². The molecule has 1 N–H and O–H groups in total. The topological polar surface area (TPSA) is 66.8 Å². The molecule has 1 aromatic carbocycles. The van der Waals surface area contributed by atoms with Gasteiger partial charge in [-0.15, -0.1) is 0 Å². The Labute approximate surface area is 190 Å². The van der Waals surface area contributed by atoms with E-state index in [0.29, 0.717) is 23.2 Å². The van der Waals surface area contributed by atoms with E-state index in [0.717, 1.165) is 30.2 Å². The zero-order chi connectivity index (χ0) is 23.1. The van der Waals surface area contributed by atoms with Crippen LogP contribution in [0.25, 0.3) is 0 Å². The summed E-state index contributed by atoms with van der Waals surface area (Å²) in [6, 6.07) is 0.955. The van der Waals surface area contributed by atoms with Gasteiger partial charge in [0.1, 0.15) is 17.6 Å². The minimum atomic E-state index is -3.31. The van der Waals surface area contributed by atoms with Gasteiger partial charge in [-0.1, -0.05) is 0 Å². The van der Waals surface area contributed by atoms with Crippen LogP contribution in [0.4, 0.5) is 13.2 Å². The minimum Gasteiger partial charge on any atom is -0.493 e. The standard InChI is InChI=1S/C25H28F3NO4/c26-19-7-21(33-12-24-8-13-3-14(9-24)5-16(24)4-13)17(15-1-2-15)6-18(19)22(30)29-11-25(27,28)10-20(29)23(31)32/h6-7,13-16,20H,1-5,8-12H2,(H,31,32)/t13?,14?,16?,20-,24?/m0/s1. The average Bonchev–Trinajstić information content (AvgIpc) is 3.43. The van der Waals surface area contributed by atoms with Crippen molar-refractivity contribution in [2.24, 2.45) is 23.2 Å². The van der Waals surface area contributed by atoms with E-state index in [9.17, 15) is 23.5 Å². The number of halogens is 3. The number of rotatable bonds is 6. The Bertz CT molecular complexity index is 1010. The normalized spacial score (nSPS) is 35.9. The predicted molar refractivity (Wildman–Crippen MR) is 112 cm³/mol. The third-order valence-corrected chi connectivity index (χ3v) is 8.84. The Hall–Kier alpha value is -2.25. The molecule has 1 saturated heterocycles. The van der Waals surface area contributed by atoms with Crippen LogP contribution in [-0.2, 0) is 4.79 Å². The maximum Gasteiger partial charge on any atom is 0.326 e. The molecule has 33 heavy (non-hydrogen) atoms. The molecule has 5 saturated carbocycles. The number of carboxylic acids is 1. The second-order valence-corrected chi connectivity index (χ2v) is 11.2. The van der Waals surface area contributed by atoms with Crippen LogP contribution in [0.1, 0.15) is 73.2 Å². The fourth-order valence-electron chi connectivity index (χ4n) is 7.40. The molecule has 5 aliphatic carbocycles. The first kappa shape index (κ1) is 21.3. The number of ether oxygens (including phenoxy) is 1. The lowest BCUT2D eigenvalue weighted by Crippen LogP contribution is -2.41. The van der Waals surface area contributed by atoms with Crippen molar-refractivity contribution in [3.63, 3.8) is 0 Å². The lowest BCUT2D eigenvalue weighted by Gasteiger charge is -2.33. The van der Waals surface area contributed by atoms with Crippen molar-refractivity contribution < 1.29 is 32.6 Å². The van der Waals surface area contributed by atoms with E-state index in [1.165, 1.54) is 44.2 Å². The summed E-state index contributed by atoms with van der Waals surface area (Å²) in [5, 5.41) is 9.31. The highest BCUT2D eigenvalue weighted by Crippen LogP contribution is 2.65. The minimum absolute atomic E-state index is 0.149. The third kappa shape index (κ3) is 3.51. The number of amides is 1. The highest BCUT2D eigenvalue weighted by atomic mass is 19.3. The molecule has 3 atom stereocenters. The quantitative estimate of drug-likeness (QED) is 0.656. The first-order valence-electron chi connectivity index (χ1n) is 12.0. The highest BCUT2D eigenvalue weighted by Gasteiger charge is 2.58. The molecular formula is C25H28F3NO4. The monoisotopic (exact) mass is 463 g/mol. The van der Waals surface area contributed by atoms with Crippen molar-refractivity contribution in [3.8, 4) is 5.75 Å². The number of alkyl halides is 2. The number of carboxylic acid groups (broad SMARTS) is 1. The van der Waals surface area contributed by atoms with Gasteiger partial charge in [0.25, 0.3) is 11.8 Å². The molecule has 0 radical (unpaired) electrons. The average molecular weight is 463 g/mol. The Morgan fingerprint density at radius 1 is 1.09 bits per heavy atom. The van der Waals surface area contributed by atoms with Crippen LogP contribution < -0.4 is 4.74 Å². The SMILES string of the molecule is O=C(O)[C@@H]1CC(F)(F)CN1C(=O)c1cc(C2CC2)c(OCC23CC4CC(CC2C4)C3)cc1F. The van der Waals surface area contributed by atoms with Gasteiger partial charge in [0.15, 0.2) is 0 Å². The third-order valence-electron chi connectivity index (χ3n) is 8.84. The van der Waals surface area contributed by atoms with E-state index in [4.69, 9.17) is 4.74 Å². The summed E-state index contributed by atoms with van der Waals surface area (Å²) in [6.07, 6.45) is 7.03. The van der Waals surface area contributed by atoms with Gasteiger partial charge in [-0.25, -0.2) is 18.0 Å². The van der Waals surface area contributed by atoms with Crippen molar-refractivity contribution in [2.75, 3.05) is 13.2 Å². The molecule has 1 aromatic rings. The Morgan fingerprint density at radius 2 is 1.79 bits per heavy atom. The summed E-state index contributed by atoms with van der Waals surface area (Å²) in [6.45, 7) is -0.470. The molecule has 178 valence electrons. The molecule has 1 aliphatic heterocycles. The molecule has 2 unspecified atom stereocenters. The fraction of sp³-hybridized carbons (Fsp3) is 0.680. The number of hydrogen-bond donors (Lipinski definition) is 1. The lowest BCUT2D eigenvalue weighted by atomic mass is 9.76. The molecule has 0 spiro atoms. The van der Waals surface area contributed by atoms with Gasteiger partial charge in [0, 0.05) is 17.9 Å². The summed E-state index contributed by atoms with van der Waals surface area (Å²) in [5.74, 6) is -3.84. The molecule has 5 nitrogen and oxygen atoms in total. The van der Waals surface area contributed by atoms with E-state index >= 15 is 4.39 Å². The van der Waals surface area contributed by atoms with Gasteiger partial charge >= 0.3 is 5.97 Å². The molecule has 1 heterocycles. The lowest BCUT2D eigenvalue weighted by molar-refractivity contribution is -0.141. The predicted octanol–water partition coefficient (Wildman–Crippen LogP) is 4.84. The van der Waals surface area contributed by atoms with E-state index in [2.05, 4.69) is 0 Å². The fourth-order valence-corrected chi connectivity index (χ4v) is 7.40. The largest absolute Gasteiger partial charge is 0.493 e. The van der Waals surface area contributed by atoms with Gasteiger partial charge in [-0.3, -0.25) is 4.79 Å². The van der Waals surface area contributed by atoms with E-state index in [1.54, 1.807) is 0 Å². The van der Waals surface area contributed by atoms with Crippen molar-refractivity contribution in [1.82, 2.24) is 4.90 Å². The van der Waals surface area contributed by atoms with Crippen LogP contribution in [0, 0.1) is 29.0 Å². The molecular weight excluding hydrogens is 435 g/mol. The number of aliphatic carboxylic acids is 1. The Kier molecular flexibility index (Phi) is 4.60. The molecule has 1 amide bonds. The van der Waals surface area contributed by atoms with Crippen molar-refractivity contribution in [3.05, 3.63) is 29.1 Å². The van der Waals surface area contributed by atoms with Crippen LogP contribution in [0.2, 0.25) is 0 Å². The maximum absolute atomic E-state index is 15.1. The van der Waals surface area contributed by atoms with Gasteiger partial charge in [-0.05, 0) is 80.2 Å². The second-order valence-electron chi connectivity index (χ2n) is 11.2. The molecule has 7 rings (SSSR count). The number of likely N-dealkylation sites (tertiary alicyclic amines) is 1. The molecule has 0 aromatic heterocycles. The summed E-state index contributed by atoms with van der Waals surface area (Å²) >= 11 is 0. The Balaban J connectivity index is 1.26. The maximum atomic E-state index is 15.1. The zero-order valence-electron chi connectivity index (χ0n) is 18.4. The Morgan fingerprint density at radius 3 is 2.42 bits per heavy atom. The van der Waals surface area contributed by atoms with Crippen molar-refractivity contribution in [2.45, 2.75) is 69.2 Å². The van der Waals surface area contributed by atoms with Crippen LogP contribution in [0.3, 0.4) is 0 Å². The molecule has 6 fully saturated rings. The molecule has 4 bridgehead atoms. The molecule has 6 aliphatic rings. The van der Waals surface area contributed by atoms with Crippen molar-refractivity contribution in [1.29, 1.82) is 0 Å². The number of benzene rings is 1. The first-order valence-corrected chi connectivity index (χ1v) is 12.0. The molecule has 8 heteroatoms. The van der Waals surface area contributed by atoms with Gasteiger partial charge in [0.05, 0.1) is 18.7 Å². The van der Waals surface area contributed by atoms with Crippen LogP contribution in [-0.4, -0.2) is 47.0 Å². The summed E-state index contributed by atoms with van der Waals surface area (Å²) in [4.78, 5) is 25.0. The highest BCUT2D eigenvalue weighted by molar-refractivity contribution is 5.97. The van der Waals surface area contributed by atoms with Gasteiger partial charge < -0.3 is 14.7 Å². The second kappa shape index (κ2) is 7.12. The van der Waals surface area contributed by atoms with E-state index in [-0.39, 0.29) is 16.9 Å².